The summed E-state index contributed by atoms with van der Waals surface area (Å²) < 4.78 is 4.62. The molecular weight excluding hydrogens is 190 g/mol. The molecule has 0 radical (unpaired) electrons. The van der Waals surface area contributed by atoms with Crippen LogP contribution in [0.3, 0.4) is 0 Å². The van der Waals surface area contributed by atoms with Gasteiger partial charge in [0.25, 0.3) is 0 Å². The molecule has 7 nitrogen and oxygen atoms in total. The molecule has 1 amide bonds. The lowest BCUT2D eigenvalue weighted by atomic mass is 10.4. The summed E-state index contributed by atoms with van der Waals surface area (Å²) in [5.41, 5.74) is 2.12. The first kappa shape index (κ1) is 9.90. The Morgan fingerprint density at radius 2 is 2.43 bits per heavy atom. The second-order valence-electron chi connectivity index (χ2n) is 2.22. The smallest absolute Gasteiger partial charge is 0.395 e. The van der Waals surface area contributed by atoms with Crippen LogP contribution in [0.2, 0.25) is 0 Å². The molecule has 0 atom stereocenters. The SMILES string of the molecule is C/C=N\NC(=O)c1ccc([N+](=O)[O-])o1. The zero-order valence-electron chi connectivity index (χ0n) is 7.26. The van der Waals surface area contributed by atoms with Crippen molar-refractivity contribution >= 4 is 18.0 Å². The Balaban J connectivity index is 2.76. The monoisotopic (exact) mass is 197 g/mol. The van der Waals surface area contributed by atoms with Gasteiger partial charge in [0.2, 0.25) is 5.76 Å². The van der Waals surface area contributed by atoms with Gasteiger partial charge in [0.15, 0.2) is 0 Å². The number of hydrazone groups is 1. The van der Waals surface area contributed by atoms with Gasteiger partial charge >= 0.3 is 11.8 Å². The minimum absolute atomic E-state index is 0.151. The highest BCUT2D eigenvalue weighted by Gasteiger charge is 2.16. The number of hydrogen-bond donors (Lipinski definition) is 1. The fraction of sp³-hybridized carbons (Fsp3) is 0.143. The molecule has 7 heteroatoms. The molecule has 0 fully saturated rings. The van der Waals surface area contributed by atoms with Crippen LogP contribution in [0.4, 0.5) is 5.88 Å². The third-order valence-corrected chi connectivity index (χ3v) is 1.29. The van der Waals surface area contributed by atoms with Gasteiger partial charge in [-0.2, -0.15) is 5.10 Å². The van der Waals surface area contributed by atoms with Crippen LogP contribution in [0.5, 0.6) is 0 Å². The van der Waals surface area contributed by atoms with Crippen molar-refractivity contribution in [1.82, 2.24) is 5.43 Å². The first-order valence-corrected chi connectivity index (χ1v) is 3.67. The highest BCUT2D eigenvalue weighted by Crippen LogP contribution is 2.15. The Kier molecular flexibility index (Phi) is 2.95. The number of amides is 1. The van der Waals surface area contributed by atoms with E-state index in [9.17, 15) is 14.9 Å². The summed E-state index contributed by atoms with van der Waals surface area (Å²) in [6.45, 7) is 1.62. The van der Waals surface area contributed by atoms with Gasteiger partial charge in [0, 0.05) is 6.21 Å². The lowest BCUT2D eigenvalue weighted by Gasteiger charge is -1.92. The lowest BCUT2D eigenvalue weighted by Crippen LogP contribution is -2.16. The minimum Gasteiger partial charge on any atom is -0.395 e. The summed E-state index contributed by atoms with van der Waals surface area (Å²) in [7, 11) is 0. The van der Waals surface area contributed by atoms with E-state index < -0.39 is 16.7 Å². The molecule has 1 rings (SSSR count). The highest BCUT2D eigenvalue weighted by molar-refractivity contribution is 5.91. The van der Waals surface area contributed by atoms with E-state index in [-0.39, 0.29) is 5.76 Å². The molecule has 0 aliphatic rings. The van der Waals surface area contributed by atoms with E-state index in [0.717, 1.165) is 6.07 Å². The molecule has 1 heterocycles. The van der Waals surface area contributed by atoms with E-state index in [1.807, 2.05) is 0 Å². The van der Waals surface area contributed by atoms with Crippen LogP contribution in [0.15, 0.2) is 21.7 Å². The third-order valence-electron chi connectivity index (χ3n) is 1.29. The predicted molar refractivity (Wildman–Crippen MR) is 47.0 cm³/mol. The summed E-state index contributed by atoms with van der Waals surface area (Å²) in [5.74, 6) is -1.26. The summed E-state index contributed by atoms with van der Waals surface area (Å²) in [6.07, 6.45) is 1.37. The number of nitrogens with one attached hydrogen (secondary N) is 1. The lowest BCUT2D eigenvalue weighted by molar-refractivity contribution is -0.402. The van der Waals surface area contributed by atoms with Crippen molar-refractivity contribution in [2.45, 2.75) is 6.92 Å². The molecule has 0 saturated carbocycles. The third kappa shape index (κ3) is 2.16. The van der Waals surface area contributed by atoms with Crippen LogP contribution in [0.25, 0.3) is 0 Å². The topological polar surface area (TPSA) is 97.7 Å². The van der Waals surface area contributed by atoms with Gasteiger partial charge in [-0.3, -0.25) is 14.9 Å². The van der Waals surface area contributed by atoms with Crippen molar-refractivity contribution in [1.29, 1.82) is 0 Å². The molecule has 0 aliphatic heterocycles. The largest absolute Gasteiger partial charge is 0.433 e. The van der Waals surface area contributed by atoms with Crippen LogP contribution in [-0.2, 0) is 0 Å². The zero-order chi connectivity index (χ0) is 10.6. The van der Waals surface area contributed by atoms with Crippen LogP contribution in [0.1, 0.15) is 17.5 Å². The van der Waals surface area contributed by atoms with Crippen LogP contribution in [0, 0.1) is 10.1 Å². The molecule has 0 spiro atoms. The zero-order valence-corrected chi connectivity index (χ0v) is 7.26. The molecule has 14 heavy (non-hydrogen) atoms. The fourth-order valence-corrected chi connectivity index (χ4v) is 0.726. The molecule has 0 unspecified atom stereocenters. The van der Waals surface area contributed by atoms with E-state index in [4.69, 9.17) is 0 Å². The second kappa shape index (κ2) is 4.17. The Morgan fingerprint density at radius 3 is 2.93 bits per heavy atom. The number of furan rings is 1. The molecule has 0 saturated heterocycles. The van der Waals surface area contributed by atoms with E-state index in [1.54, 1.807) is 6.92 Å². The number of rotatable bonds is 3. The normalized spacial score (nSPS) is 10.4. The van der Waals surface area contributed by atoms with Crippen molar-refractivity contribution in [3.63, 3.8) is 0 Å². The summed E-state index contributed by atoms with van der Waals surface area (Å²) in [4.78, 5) is 20.6. The van der Waals surface area contributed by atoms with Crippen molar-refractivity contribution in [3.8, 4) is 0 Å². The van der Waals surface area contributed by atoms with E-state index in [2.05, 4.69) is 14.9 Å². The minimum atomic E-state index is -0.722. The maximum absolute atomic E-state index is 11.1. The summed E-state index contributed by atoms with van der Waals surface area (Å²) >= 11 is 0. The Hall–Kier alpha value is -2.18. The maximum atomic E-state index is 11.1. The average molecular weight is 197 g/mol. The average Bonchev–Trinajstić information content (AvgIpc) is 2.62. The van der Waals surface area contributed by atoms with E-state index in [1.165, 1.54) is 12.3 Å². The van der Waals surface area contributed by atoms with Gasteiger partial charge in [0.05, 0.1) is 6.07 Å². The maximum Gasteiger partial charge on any atom is 0.433 e. The van der Waals surface area contributed by atoms with Crippen molar-refractivity contribution in [2.75, 3.05) is 0 Å². The Labute approximate surface area is 78.6 Å². The first-order valence-electron chi connectivity index (χ1n) is 3.67. The standard InChI is InChI=1S/C7H7N3O4/c1-2-8-9-7(11)5-3-4-6(14-5)10(12)13/h2-4H,1H3,(H,9,11)/b8-2-. The van der Waals surface area contributed by atoms with Gasteiger partial charge in [0.1, 0.15) is 4.92 Å². The number of carbonyl (C=O) groups excluding carboxylic acids is 1. The number of nitrogens with zero attached hydrogens (tertiary/aromatic N) is 2. The van der Waals surface area contributed by atoms with E-state index >= 15 is 0 Å². The molecule has 0 aromatic carbocycles. The fourth-order valence-electron chi connectivity index (χ4n) is 0.726. The number of hydrogen-bond acceptors (Lipinski definition) is 5. The van der Waals surface area contributed by atoms with E-state index in [0.29, 0.717) is 0 Å². The summed E-state index contributed by atoms with van der Waals surface area (Å²) in [5, 5.41) is 13.6. The molecule has 1 N–H and O–H groups in total. The highest BCUT2D eigenvalue weighted by atomic mass is 16.6. The number of nitro groups is 1. The van der Waals surface area contributed by atoms with Gasteiger partial charge < -0.3 is 4.42 Å². The molecular formula is C7H7N3O4. The molecule has 74 valence electrons. The number of carbonyl (C=O) groups is 1. The molecule has 0 bridgehead atoms. The van der Waals surface area contributed by atoms with Gasteiger partial charge in [-0.1, -0.05) is 0 Å². The molecule has 0 aliphatic carbocycles. The van der Waals surface area contributed by atoms with Crippen molar-refractivity contribution in [2.24, 2.45) is 5.10 Å². The summed E-state index contributed by atoms with van der Waals surface area (Å²) in [6, 6.07) is 2.31. The van der Waals surface area contributed by atoms with Crippen molar-refractivity contribution < 1.29 is 14.1 Å². The van der Waals surface area contributed by atoms with Crippen LogP contribution >= 0.6 is 0 Å². The van der Waals surface area contributed by atoms with Crippen molar-refractivity contribution in [3.05, 3.63) is 28.0 Å². The first-order chi connectivity index (χ1) is 6.65. The molecule has 1 aromatic heterocycles. The van der Waals surface area contributed by atoms with Crippen LogP contribution < -0.4 is 5.43 Å². The Bertz CT molecular complexity index is 382. The second-order valence-corrected chi connectivity index (χ2v) is 2.22. The van der Waals surface area contributed by atoms with Gasteiger partial charge in [-0.05, 0) is 13.0 Å². The molecule has 1 aromatic rings. The Morgan fingerprint density at radius 1 is 1.71 bits per heavy atom. The van der Waals surface area contributed by atoms with Gasteiger partial charge in [-0.15, -0.1) is 0 Å². The van der Waals surface area contributed by atoms with Crippen LogP contribution in [-0.4, -0.2) is 17.0 Å². The quantitative estimate of drug-likeness (QED) is 0.442. The predicted octanol–water partition coefficient (Wildman–Crippen LogP) is 0.923. The van der Waals surface area contributed by atoms with Gasteiger partial charge in [-0.25, -0.2) is 5.43 Å².